The fourth-order valence-electron chi connectivity index (χ4n) is 1.23. The lowest BCUT2D eigenvalue weighted by molar-refractivity contribution is -0.141. The van der Waals surface area contributed by atoms with Crippen LogP contribution in [0.5, 0.6) is 0 Å². The van der Waals surface area contributed by atoms with E-state index < -0.39 is 0 Å². The molecule has 2 N–H and O–H groups in total. The molecule has 0 aromatic rings. The molecule has 1 atom stereocenters. The average molecular weight is 230 g/mol. The molecule has 0 fully saturated rings. The summed E-state index contributed by atoms with van der Waals surface area (Å²) in [6, 6.07) is 0. The lowest BCUT2D eigenvalue weighted by Crippen LogP contribution is -2.40. The second kappa shape index (κ2) is 6.86. The number of ether oxygens (including phenoxy) is 1. The topological polar surface area (TPSA) is 55.6 Å². The maximum Gasteiger partial charge on any atom is 0.248 e. The molecule has 0 aliphatic carbocycles. The van der Waals surface area contributed by atoms with Crippen LogP contribution in [0, 0.1) is 5.92 Å². The van der Waals surface area contributed by atoms with Gasteiger partial charge in [-0.25, -0.2) is 0 Å². The molecule has 0 aromatic heterocycles. The van der Waals surface area contributed by atoms with Gasteiger partial charge in [-0.05, 0) is 40.2 Å². The monoisotopic (exact) mass is 230 g/mol. The Balaban J connectivity index is 4.11. The summed E-state index contributed by atoms with van der Waals surface area (Å²) in [4.78, 5) is 13.6. The number of nitrogens with zero attached hydrogens (tertiary/aromatic N) is 1. The highest BCUT2D eigenvalue weighted by atomic mass is 16.5. The lowest BCUT2D eigenvalue weighted by Gasteiger charge is -2.26. The van der Waals surface area contributed by atoms with Gasteiger partial charge in [0.1, 0.15) is 6.61 Å². The predicted octanol–water partition coefficient (Wildman–Crippen LogP) is 1.24. The molecule has 96 valence electrons. The largest absolute Gasteiger partial charge is 0.366 e. The normalized spacial score (nSPS) is 13.6. The van der Waals surface area contributed by atoms with Crippen molar-refractivity contribution in [3.63, 3.8) is 0 Å². The number of likely N-dealkylation sites (N-methyl/N-ethyl adjacent to an activating group) is 1. The molecule has 4 heteroatoms. The van der Waals surface area contributed by atoms with Crippen LogP contribution in [0.1, 0.15) is 34.6 Å². The number of hydrogen-bond acceptors (Lipinski definition) is 3. The predicted molar refractivity (Wildman–Crippen MR) is 66.2 cm³/mol. The molecule has 1 unspecified atom stereocenters. The third kappa shape index (κ3) is 6.80. The van der Waals surface area contributed by atoms with Crippen LogP contribution in [-0.4, -0.2) is 42.6 Å². The van der Waals surface area contributed by atoms with E-state index in [0.29, 0.717) is 25.6 Å². The Morgan fingerprint density at radius 1 is 1.44 bits per heavy atom. The zero-order valence-corrected chi connectivity index (χ0v) is 11.2. The van der Waals surface area contributed by atoms with E-state index in [2.05, 4.69) is 0 Å². The SMILES string of the molecule is CCN(CC(C)CN)C(=O)COC(C)(C)C. The number of rotatable bonds is 6. The first-order valence-electron chi connectivity index (χ1n) is 5.92. The number of carbonyl (C=O) groups excluding carboxylic acids is 1. The first kappa shape index (κ1) is 15.4. The first-order valence-corrected chi connectivity index (χ1v) is 5.92. The molecular weight excluding hydrogens is 204 g/mol. The Hall–Kier alpha value is -0.610. The summed E-state index contributed by atoms with van der Waals surface area (Å²) < 4.78 is 5.47. The average Bonchev–Trinajstić information content (AvgIpc) is 2.21. The number of carbonyl (C=O) groups is 1. The van der Waals surface area contributed by atoms with Crippen molar-refractivity contribution in [2.75, 3.05) is 26.2 Å². The molecule has 0 rings (SSSR count). The van der Waals surface area contributed by atoms with Gasteiger partial charge in [-0.3, -0.25) is 4.79 Å². The molecular formula is C12H26N2O2. The van der Waals surface area contributed by atoms with Gasteiger partial charge in [0.2, 0.25) is 5.91 Å². The molecule has 16 heavy (non-hydrogen) atoms. The molecule has 0 bridgehead atoms. The van der Waals surface area contributed by atoms with Crippen LogP contribution in [0.3, 0.4) is 0 Å². The molecule has 0 aliphatic rings. The zero-order chi connectivity index (χ0) is 12.8. The molecule has 0 heterocycles. The van der Waals surface area contributed by atoms with Gasteiger partial charge in [0.25, 0.3) is 0 Å². The van der Waals surface area contributed by atoms with Crippen LogP contribution in [-0.2, 0) is 9.53 Å². The van der Waals surface area contributed by atoms with Gasteiger partial charge >= 0.3 is 0 Å². The number of amides is 1. The minimum atomic E-state index is -0.269. The third-order valence-electron chi connectivity index (χ3n) is 2.30. The molecule has 0 aromatic carbocycles. The van der Waals surface area contributed by atoms with Crippen molar-refractivity contribution in [1.29, 1.82) is 0 Å². The van der Waals surface area contributed by atoms with Gasteiger partial charge in [0.05, 0.1) is 5.60 Å². The lowest BCUT2D eigenvalue weighted by atomic mass is 10.1. The van der Waals surface area contributed by atoms with Crippen molar-refractivity contribution in [3.8, 4) is 0 Å². The second-order valence-electron chi connectivity index (χ2n) is 5.17. The Morgan fingerprint density at radius 2 is 2.00 bits per heavy atom. The fraction of sp³-hybridized carbons (Fsp3) is 0.917. The minimum absolute atomic E-state index is 0.0396. The Labute approximate surface area is 99.1 Å². The van der Waals surface area contributed by atoms with Crippen LogP contribution < -0.4 is 5.73 Å². The van der Waals surface area contributed by atoms with Gasteiger partial charge in [-0.1, -0.05) is 6.92 Å². The quantitative estimate of drug-likeness (QED) is 0.747. The summed E-state index contributed by atoms with van der Waals surface area (Å²) in [5.41, 5.74) is 5.28. The van der Waals surface area contributed by atoms with E-state index in [1.165, 1.54) is 0 Å². The summed E-state index contributed by atoms with van der Waals surface area (Å²) in [7, 11) is 0. The minimum Gasteiger partial charge on any atom is -0.366 e. The molecule has 0 aliphatic heterocycles. The number of hydrogen-bond donors (Lipinski definition) is 1. The number of nitrogens with two attached hydrogens (primary N) is 1. The summed E-state index contributed by atoms with van der Waals surface area (Å²) in [5.74, 6) is 0.372. The van der Waals surface area contributed by atoms with Crippen molar-refractivity contribution >= 4 is 5.91 Å². The molecule has 0 radical (unpaired) electrons. The van der Waals surface area contributed by atoms with Gasteiger partial charge in [-0.2, -0.15) is 0 Å². The highest BCUT2D eigenvalue weighted by Gasteiger charge is 2.18. The summed E-state index contributed by atoms with van der Waals surface area (Å²) >= 11 is 0. The van der Waals surface area contributed by atoms with Crippen molar-refractivity contribution in [1.82, 2.24) is 4.90 Å². The molecule has 0 saturated carbocycles. The van der Waals surface area contributed by atoms with Crippen molar-refractivity contribution in [2.45, 2.75) is 40.2 Å². The maximum atomic E-state index is 11.8. The first-order chi connectivity index (χ1) is 7.30. The van der Waals surface area contributed by atoms with Crippen LogP contribution >= 0.6 is 0 Å². The molecule has 0 saturated heterocycles. The standard InChI is InChI=1S/C12H26N2O2/c1-6-14(8-10(2)7-13)11(15)9-16-12(3,4)5/h10H,6-9,13H2,1-5H3. The Kier molecular flexibility index (Phi) is 6.60. The van der Waals surface area contributed by atoms with Crippen LogP contribution in [0.25, 0.3) is 0 Å². The maximum absolute atomic E-state index is 11.8. The fourth-order valence-corrected chi connectivity index (χ4v) is 1.23. The summed E-state index contributed by atoms with van der Waals surface area (Å²) in [6.07, 6.45) is 0. The second-order valence-corrected chi connectivity index (χ2v) is 5.17. The Bertz CT molecular complexity index is 212. The van der Waals surface area contributed by atoms with E-state index in [1.54, 1.807) is 4.90 Å². The van der Waals surface area contributed by atoms with Gasteiger partial charge in [-0.15, -0.1) is 0 Å². The summed E-state index contributed by atoms with van der Waals surface area (Å²) in [5, 5.41) is 0. The van der Waals surface area contributed by atoms with E-state index in [0.717, 1.165) is 0 Å². The Morgan fingerprint density at radius 3 is 2.38 bits per heavy atom. The van der Waals surface area contributed by atoms with Gasteiger partial charge in [0.15, 0.2) is 0 Å². The van der Waals surface area contributed by atoms with Crippen LogP contribution in [0.15, 0.2) is 0 Å². The van der Waals surface area contributed by atoms with E-state index in [-0.39, 0.29) is 18.1 Å². The van der Waals surface area contributed by atoms with Crippen molar-refractivity contribution < 1.29 is 9.53 Å². The van der Waals surface area contributed by atoms with Gasteiger partial charge < -0.3 is 15.4 Å². The smallest absolute Gasteiger partial charge is 0.248 e. The zero-order valence-electron chi connectivity index (χ0n) is 11.2. The molecule has 4 nitrogen and oxygen atoms in total. The highest BCUT2D eigenvalue weighted by Crippen LogP contribution is 2.07. The third-order valence-corrected chi connectivity index (χ3v) is 2.30. The van der Waals surface area contributed by atoms with Crippen molar-refractivity contribution in [2.24, 2.45) is 11.7 Å². The van der Waals surface area contributed by atoms with E-state index in [4.69, 9.17) is 10.5 Å². The van der Waals surface area contributed by atoms with Crippen molar-refractivity contribution in [3.05, 3.63) is 0 Å². The highest BCUT2D eigenvalue weighted by molar-refractivity contribution is 5.77. The van der Waals surface area contributed by atoms with E-state index in [9.17, 15) is 4.79 Å². The van der Waals surface area contributed by atoms with E-state index >= 15 is 0 Å². The molecule has 0 spiro atoms. The van der Waals surface area contributed by atoms with Gasteiger partial charge in [0, 0.05) is 13.1 Å². The van der Waals surface area contributed by atoms with E-state index in [1.807, 2.05) is 34.6 Å². The van der Waals surface area contributed by atoms with Crippen LogP contribution in [0.2, 0.25) is 0 Å². The summed E-state index contributed by atoms with van der Waals surface area (Å²) in [6.45, 7) is 12.0. The molecule has 1 amide bonds. The van der Waals surface area contributed by atoms with Crippen LogP contribution in [0.4, 0.5) is 0 Å².